The Labute approximate surface area is 157 Å². The number of carbonyl (C=O) groups excluding carboxylic acids is 1. The van der Waals surface area contributed by atoms with E-state index in [1.807, 2.05) is 0 Å². The van der Waals surface area contributed by atoms with Gasteiger partial charge in [-0.15, -0.1) is 0 Å². The standard InChI is InChI=1S/C19H23N3O5/c1-26-17-9-12(19(24)25)4-7-16(17)27-11-13-5-6-15(21-13)18(23)22-8-2-3-14(22)10-20/h4,7,9,13-15,21H,2-3,5-6,8,11H2,1H3,(H,24,25)/t13-,14+,15-/m1/s1. The maximum Gasteiger partial charge on any atom is 0.335 e. The van der Waals surface area contributed by atoms with Crippen molar-refractivity contribution in [1.29, 1.82) is 5.26 Å². The third-order valence-electron chi connectivity index (χ3n) is 5.07. The maximum absolute atomic E-state index is 12.6. The van der Waals surface area contributed by atoms with Crippen molar-refractivity contribution in [3.8, 4) is 17.6 Å². The molecule has 2 aliphatic rings. The Hall–Kier alpha value is -2.79. The topological polar surface area (TPSA) is 112 Å². The third-order valence-corrected chi connectivity index (χ3v) is 5.07. The second-order valence-corrected chi connectivity index (χ2v) is 6.79. The van der Waals surface area contributed by atoms with Crippen molar-refractivity contribution in [2.24, 2.45) is 0 Å². The zero-order chi connectivity index (χ0) is 19.4. The number of nitrogens with one attached hydrogen (secondary N) is 1. The fraction of sp³-hybridized carbons (Fsp3) is 0.526. The van der Waals surface area contributed by atoms with Crippen molar-refractivity contribution in [1.82, 2.24) is 10.2 Å². The Morgan fingerprint density at radius 1 is 1.33 bits per heavy atom. The molecule has 0 saturated carbocycles. The van der Waals surface area contributed by atoms with Gasteiger partial charge in [0.2, 0.25) is 5.91 Å². The molecule has 1 amide bonds. The highest BCUT2D eigenvalue weighted by Crippen LogP contribution is 2.29. The number of methoxy groups -OCH3 is 1. The molecule has 8 nitrogen and oxygen atoms in total. The predicted octanol–water partition coefficient (Wildman–Crippen LogP) is 1.41. The first kappa shape index (κ1) is 19.0. The molecule has 144 valence electrons. The summed E-state index contributed by atoms with van der Waals surface area (Å²) in [5, 5.41) is 21.5. The number of aromatic carboxylic acids is 1. The summed E-state index contributed by atoms with van der Waals surface area (Å²) in [4.78, 5) is 25.3. The molecule has 0 aliphatic carbocycles. The molecule has 2 fully saturated rings. The van der Waals surface area contributed by atoms with Gasteiger partial charge in [-0.2, -0.15) is 5.26 Å². The number of carbonyl (C=O) groups is 2. The normalized spacial score (nSPS) is 24.4. The Balaban J connectivity index is 1.55. The summed E-state index contributed by atoms with van der Waals surface area (Å²) in [5.41, 5.74) is 0.126. The molecular formula is C19H23N3O5. The van der Waals surface area contributed by atoms with Crippen LogP contribution in [-0.4, -0.2) is 60.3 Å². The van der Waals surface area contributed by atoms with Gasteiger partial charge in [-0.1, -0.05) is 0 Å². The van der Waals surface area contributed by atoms with Crippen LogP contribution in [0.5, 0.6) is 11.5 Å². The lowest BCUT2D eigenvalue weighted by atomic mass is 10.1. The Morgan fingerprint density at radius 2 is 2.15 bits per heavy atom. The van der Waals surface area contributed by atoms with E-state index in [0.29, 0.717) is 31.1 Å². The van der Waals surface area contributed by atoms with Crippen LogP contribution in [0.1, 0.15) is 36.0 Å². The van der Waals surface area contributed by atoms with Gasteiger partial charge in [-0.3, -0.25) is 10.1 Å². The number of likely N-dealkylation sites (tertiary alicyclic amines) is 1. The lowest BCUT2D eigenvalue weighted by Gasteiger charge is -2.24. The van der Waals surface area contributed by atoms with E-state index in [2.05, 4.69) is 11.4 Å². The maximum atomic E-state index is 12.6. The molecule has 0 spiro atoms. The fourth-order valence-electron chi connectivity index (χ4n) is 3.62. The molecule has 0 aromatic heterocycles. The van der Waals surface area contributed by atoms with Crippen LogP contribution in [0, 0.1) is 11.3 Å². The van der Waals surface area contributed by atoms with Crippen molar-refractivity contribution >= 4 is 11.9 Å². The predicted molar refractivity (Wildman–Crippen MR) is 95.7 cm³/mol. The lowest BCUT2D eigenvalue weighted by molar-refractivity contribution is -0.133. The van der Waals surface area contributed by atoms with Crippen LogP contribution < -0.4 is 14.8 Å². The Morgan fingerprint density at radius 3 is 2.85 bits per heavy atom. The number of rotatable bonds is 6. The van der Waals surface area contributed by atoms with E-state index < -0.39 is 5.97 Å². The molecule has 3 atom stereocenters. The summed E-state index contributed by atoms with van der Waals surface area (Å²) in [6, 6.07) is 6.05. The van der Waals surface area contributed by atoms with E-state index in [4.69, 9.17) is 19.8 Å². The molecule has 27 heavy (non-hydrogen) atoms. The van der Waals surface area contributed by atoms with E-state index in [1.54, 1.807) is 11.0 Å². The zero-order valence-corrected chi connectivity index (χ0v) is 15.2. The Kier molecular flexibility index (Phi) is 5.81. The number of carboxylic acid groups (broad SMARTS) is 1. The van der Waals surface area contributed by atoms with Crippen molar-refractivity contribution in [3.05, 3.63) is 23.8 Å². The van der Waals surface area contributed by atoms with Crippen LogP contribution in [0.3, 0.4) is 0 Å². The van der Waals surface area contributed by atoms with E-state index in [0.717, 1.165) is 19.3 Å². The first-order chi connectivity index (χ1) is 13.0. The minimum Gasteiger partial charge on any atom is -0.493 e. The molecule has 1 aromatic rings. The highest BCUT2D eigenvalue weighted by atomic mass is 16.5. The number of amides is 1. The molecule has 1 aromatic carbocycles. The van der Waals surface area contributed by atoms with Crippen molar-refractivity contribution in [2.45, 2.75) is 43.8 Å². The highest BCUT2D eigenvalue weighted by Gasteiger charge is 2.37. The van der Waals surface area contributed by atoms with E-state index in [1.165, 1.54) is 19.2 Å². The second kappa shape index (κ2) is 8.27. The number of carboxylic acids is 1. The Bertz CT molecular complexity index is 760. The summed E-state index contributed by atoms with van der Waals surface area (Å²) < 4.78 is 11.0. The van der Waals surface area contributed by atoms with Crippen molar-refractivity contribution < 1.29 is 24.2 Å². The SMILES string of the molecule is COc1cc(C(=O)O)ccc1OC[C@H]1CC[C@H](C(=O)N2CCC[C@H]2C#N)N1. The van der Waals surface area contributed by atoms with Crippen molar-refractivity contribution in [2.75, 3.05) is 20.3 Å². The third kappa shape index (κ3) is 4.14. The molecule has 2 heterocycles. The van der Waals surface area contributed by atoms with Crippen LogP contribution in [0.4, 0.5) is 0 Å². The van der Waals surface area contributed by atoms with Crippen LogP contribution >= 0.6 is 0 Å². The molecular weight excluding hydrogens is 350 g/mol. The molecule has 0 radical (unpaired) electrons. The van der Waals surface area contributed by atoms with E-state index >= 15 is 0 Å². The van der Waals surface area contributed by atoms with Gasteiger partial charge in [0.15, 0.2) is 11.5 Å². The van der Waals surface area contributed by atoms with Gasteiger partial charge in [-0.25, -0.2) is 4.79 Å². The van der Waals surface area contributed by atoms with Gasteiger partial charge in [-0.05, 0) is 43.9 Å². The van der Waals surface area contributed by atoms with Crippen LogP contribution in [0.15, 0.2) is 18.2 Å². The summed E-state index contributed by atoms with van der Waals surface area (Å²) in [6.07, 6.45) is 3.11. The molecule has 8 heteroatoms. The van der Waals surface area contributed by atoms with Gasteiger partial charge in [0.05, 0.1) is 24.8 Å². The first-order valence-electron chi connectivity index (χ1n) is 9.03. The lowest BCUT2D eigenvalue weighted by Crippen LogP contribution is -2.47. The van der Waals surface area contributed by atoms with Crippen molar-refractivity contribution in [3.63, 3.8) is 0 Å². The minimum absolute atomic E-state index is 0.00550. The van der Waals surface area contributed by atoms with Gasteiger partial charge in [0, 0.05) is 12.6 Å². The van der Waals surface area contributed by atoms with Crippen LogP contribution in [0.25, 0.3) is 0 Å². The van der Waals surface area contributed by atoms with Crippen LogP contribution in [0.2, 0.25) is 0 Å². The molecule has 2 saturated heterocycles. The molecule has 3 rings (SSSR count). The van der Waals surface area contributed by atoms with E-state index in [9.17, 15) is 9.59 Å². The van der Waals surface area contributed by atoms with Crippen LogP contribution in [-0.2, 0) is 4.79 Å². The highest BCUT2D eigenvalue weighted by molar-refractivity contribution is 5.88. The van der Waals surface area contributed by atoms with Gasteiger partial charge < -0.3 is 19.5 Å². The van der Waals surface area contributed by atoms with Gasteiger partial charge in [0.25, 0.3) is 0 Å². The quantitative estimate of drug-likeness (QED) is 0.775. The zero-order valence-electron chi connectivity index (χ0n) is 15.2. The number of ether oxygens (including phenoxy) is 2. The number of nitrogens with zero attached hydrogens (tertiary/aromatic N) is 2. The van der Waals surface area contributed by atoms with E-state index in [-0.39, 0.29) is 29.6 Å². The fourth-order valence-corrected chi connectivity index (χ4v) is 3.62. The molecule has 2 N–H and O–H groups in total. The van der Waals surface area contributed by atoms with Gasteiger partial charge in [0.1, 0.15) is 12.6 Å². The average Bonchev–Trinajstić information content (AvgIpc) is 3.34. The monoisotopic (exact) mass is 373 g/mol. The van der Waals surface area contributed by atoms with Gasteiger partial charge >= 0.3 is 5.97 Å². The number of nitriles is 1. The average molecular weight is 373 g/mol. The second-order valence-electron chi connectivity index (χ2n) is 6.79. The number of hydrogen-bond donors (Lipinski definition) is 2. The summed E-state index contributed by atoms with van der Waals surface area (Å²) in [5.74, 6) is -0.223. The number of hydrogen-bond acceptors (Lipinski definition) is 6. The number of benzene rings is 1. The smallest absolute Gasteiger partial charge is 0.335 e. The molecule has 0 unspecified atom stereocenters. The first-order valence-corrected chi connectivity index (χ1v) is 9.03. The largest absolute Gasteiger partial charge is 0.493 e. The summed E-state index contributed by atoms with van der Waals surface area (Å²) in [7, 11) is 1.46. The summed E-state index contributed by atoms with van der Waals surface area (Å²) in [6.45, 7) is 0.984. The molecule has 0 bridgehead atoms. The summed E-state index contributed by atoms with van der Waals surface area (Å²) >= 11 is 0. The molecule has 2 aliphatic heterocycles. The minimum atomic E-state index is -1.03.